The number of amides is 1. The lowest BCUT2D eigenvalue weighted by atomic mass is 9.86. The summed E-state index contributed by atoms with van der Waals surface area (Å²) >= 11 is 0. The van der Waals surface area contributed by atoms with Gasteiger partial charge in [0.25, 0.3) is 11.6 Å². The average molecular weight is 461 g/mol. The van der Waals surface area contributed by atoms with Crippen LogP contribution in [0, 0.1) is 18.8 Å². The molecule has 4 rings (SSSR count). The zero-order valence-corrected chi connectivity index (χ0v) is 18.3. The summed E-state index contributed by atoms with van der Waals surface area (Å²) in [5.41, 5.74) is 0.323. The Balaban J connectivity index is 1.65. The van der Waals surface area contributed by atoms with Crippen LogP contribution < -0.4 is 0 Å². The molecule has 1 aromatic carbocycles. The minimum Gasteiger partial charge on any atom is -0.466 e. The third kappa shape index (κ3) is 4.29. The highest BCUT2D eigenvalue weighted by atomic mass is 19.4. The molecule has 174 valence electrons. The standard InChI is InChI=1S/C23H22F3N3O4/c1-4-32-22(31)12(2)15-10-29(11-15)21(30)17-9-18(27-20-19(17)13(3)28-33-20)14-6-5-7-16(8-14)23(24,25)26/h5-9,12,15H,4,10-11H2,1-3H3. The normalized spacial score (nSPS) is 15.4. The Morgan fingerprint density at radius 2 is 2.00 bits per heavy atom. The minimum atomic E-state index is -4.51. The van der Waals surface area contributed by atoms with Crippen LogP contribution in [0.2, 0.25) is 0 Å². The molecule has 0 saturated carbocycles. The fraction of sp³-hybridized carbons (Fsp3) is 0.391. The fourth-order valence-corrected chi connectivity index (χ4v) is 3.90. The van der Waals surface area contributed by atoms with Crippen molar-refractivity contribution in [1.29, 1.82) is 0 Å². The van der Waals surface area contributed by atoms with E-state index < -0.39 is 11.7 Å². The summed E-state index contributed by atoms with van der Waals surface area (Å²) in [5, 5.41) is 4.29. The maximum absolute atomic E-state index is 13.3. The number of aromatic nitrogens is 2. The predicted octanol–water partition coefficient (Wildman–Crippen LogP) is 4.49. The SMILES string of the molecule is CCOC(=O)C(C)C1CN(C(=O)c2cc(-c3cccc(C(F)(F)F)c3)nc3onc(C)c23)C1. The number of halogens is 3. The van der Waals surface area contributed by atoms with E-state index in [9.17, 15) is 22.8 Å². The second kappa shape index (κ2) is 8.49. The minimum absolute atomic E-state index is 0.0307. The first-order chi connectivity index (χ1) is 15.6. The summed E-state index contributed by atoms with van der Waals surface area (Å²) in [6.07, 6.45) is -4.51. The molecule has 7 nitrogen and oxygen atoms in total. The lowest BCUT2D eigenvalue weighted by Gasteiger charge is -2.41. The van der Waals surface area contributed by atoms with E-state index in [1.54, 1.807) is 25.7 Å². The Kier molecular flexibility index (Phi) is 5.85. The predicted molar refractivity (Wildman–Crippen MR) is 112 cm³/mol. The third-order valence-corrected chi connectivity index (χ3v) is 5.90. The van der Waals surface area contributed by atoms with Crippen LogP contribution in [0.4, 0.5) is 13.2 Å². The first-order valence-corrected chi connectivity index (χ1v) is 10.5. The molecular weight excluding hydrogens is 439 g/mol. The molecule has 1 unspecified atom stereocenters. The number of rotatable bonds is 5. The van der Waals surface area contributed by atoms with E-state index in [1.165, 1.54) is 18.2 Å². The van der Waals surface area contributed by atoms with Gasteiger partial charge in [-0.15, -0.1) is 0 Å². The Bertz CT molecular complexity index is 1220. The number of likely N-dealkylation sites (tertiary alicyclic amines) is 1. The molecule has 0 radical (unpaired) electrons. The molecule has 1 atom stereocenters. The lowest BCUT2D eigenvalue weighted by molar-refractivity contribution is -0.151. The fourth-order valence-electron chi connectivity index (χ4n) is 3.90. The molecule has 33 heavy (non-hydrogen) atoms. The Hall–Kier alpha value is -3.43. The zero-order chi connectivity index (χ0) is 23.9. The smallest absolute Gasteiger partial charge is 0.416 e. The van der Waals surface area contributed by atoms with Gasteiger partial charge in [-0.05, 0) is 32.0 Å². The van der Waals surface area contributed by atoms with Crippen molar-refractivity contribution >= 4 is 23.0 Å². The van der Waals surface area contributed by atoms with Crippen molar-refractivity contribution < 1.29 is 32.0 Å². The van der Waals surface area contributed by atoms with Crippen LogP contribution in [0.25, 0.3) is 22.4 Å². The van der Waals surface area contributed by atoms with Crippen LogP contribution in [0.3, 0.4) is 0 Å². The average Bonchev–Trinajstić information content (AvgIpc) is 3.12. The van der Waals surface area contributed by atoms with Crippen molar-refractivity contribution in [2.75, 3.05) is 19.7 Å². The number of carbonyl (C=O) groups is 2. The van der Waals surface area contributed by atoms with E-state index in [1.807, 2.05) is 0 Å². The number of hydrogen-bond donors (Lipinski definition) is 0. The summed E-state index contributed by atoms with van der Waals surface area (Å²) < 4.78 is 49.8. The van der Waals surface area contributed by atoms with Gasteiger partial charge < -0.3 is 14.2 Å². The van der Waals surface area contributed by atoms with Crippen LogP contribution in [0.5, 0.6) is 0 Å². The molecule has 1 aliphatic heterocycles. The number of alkyl halides is 3. The van der Waals surface area contributed by atoms with Crippen molar-refractivity contribution in [3.63, 3.8) is 0 Å². The van der Waals surface area contributed by atoms with Crippen molar-refractivity contribution in [3.05, 3.63) is 47.2 Å². The molecular formula is C23H22F3N3O4. The number of fused-ring (bicyclic) bond motifs is 1. The van der Waals surface area contributed by atoms with Crippen molar-refractivity contribution in [2.24, 2.45) is 11.8 Å². The van der Waals surface area contributed by atoms with E-state index in [-0.39, 0.29) is 46.2 Å². The van der Waals surface area contributed by atoms with Gasteiger partial charge in [0.2, 0.25) is 0 Å². The van der Waals surface area contributed by atoms with E-state index in [0.717, 1.165) is 12.1 Å². The summed E-state index contributed by atoms with van der Waals surface area (Å²) in [6, 6.07) is 6.19. The van der Waals surface area contributed by atoms with Gasteiger partial charge in [0.15, 0.2) is 0 Å². The molecule has 3 aromatic rings. The third-order valence-electron chi connectivity index (χ3n) is 5.90. The largest absolute Gasteiger partial charge is 0.466 e. The molecule has 0 spiro atoms. The van der Waals surface area contributed by atoms with Gasteiger partial charge >= 0.3 is 12.1 Å². The molecule has 10 heteroatoms. The number of aryl methyl sites for hydroxylation is 1. The van der Waals surface area contributed by atoms with E-state index in [4.69, 9.17) is 9.26 Å². The number of pyridine rings is 1. The van der Waals surface area contributed by atoms with Gasteiger partial charge in [-0.1, -0.05) is 24.2 Å². The highest BCUT2D eigenvalue weighted by Gasteiger charge is 2.39. The van der Waals surface area contributed by atoms with Crippen molar-refractivity contribution in [1.82, 2.24) is 15.0 Å². The maximum atomic E-state index is 13.3. The number of benzene rings is 1. The molecule has 2 aromatic heterocycles. The Morgan fingerprint density at radius 3 is 2.67 bits per heavy atom. The van der Waals surface area contributed by atoms with Gasteiger partial charge in [0, 0.05) is 24.6 Å². The topological polar surface area (TPSA) is 85.5 Å². The Labute approximate surface area is 187 Å². The van der Waals surface area contributed by atoms with Gasteiger partial charge in [0.05, 0.1) is 40.4 Å². The summed E-state index contributed by atoms with van der Waals surface area (Å²) in [7, 11) is 0. The first kappa shape index (κ1) is 22.8. The molecule has 0 bridgehead atoms. The number of carbonyl (C=O) groups excluding carboxylic acids is 2. The number of esters is 1. The van der Waals surface area contributed by atoms with Crippen LogP contribution in [-0.4, -0.2) is 46.6 Å². The van der Waals surface area contributed by atoms with E-state index >= 15 is 0 Å². The van der Waals surface area contributed by atoms with Gasteiger partial charge in [0.1, 0.15) is 0 Å². The highest BCUT2D eigenvalue weighted by Crippen LogP contribution is 2.34. The van der Waals surface area contributed by atoms with Gasteiger partial charge in [-0.2, -0.15) is 13.2 Å². The van der Waals surface area contributed by atoms with Gasteiger partial charge in [-0.25, -0.2) is 4.98 Å². The number of nitrogens with zero attached hydrogens (tertiary/aromatic N) is 3. The molecule has 1 amide bonds. The number of hydrogen-bond acceptors (Lipinski definition) is 6. The second-order valence-corrected chi connectivity index (χ2v) is 8.09. The second-order valence-electron chi connectivity index (χ2n) is 8.09. The van der Waals surface area contributed by atoms with Crippen LogP contribution in [0.15, 0.2) is 34.9 Å². The van der Waals surface area contributed by atoms with Crippen molar-refractivity contribution in [3.8, 4) is 11.3 Å². The maximum Gasteiger partial charge on any atom is 0.416 e. The van der Waals surface area contributed by atoms with Crippen LogP contribution >= 0.6 is 0 Å². The monoisotopic (exact) mass is 461 g/mol. The van der Waals surface area contributed by atoms with E-state index in [0.29, 0.717) is 30.8 Å². The molecule has 3 heterocycles. The van der Waals surface area contributed by atoms with Crippen LogP contribution in [0.1, 0.15) is 35.5 Å². The molecule has 0 aliphatic carbocycles. The zero-order valence-electron chi connectivity index (χ0n) is 18.3. The quantitative estimate of drug-likeness (QED) is 0.521. The first-order valence-electron chi connectivity index (χ1n) is 10.5. The Morgan fingerprint density at radius 1 is 1.27 bits per heavy atom. The van der Waals surface area contributed by atoms with Crippen LogP contribution in [-0.2, 0) is 15.7 Å². The summed E-state index contributed by atoms with van der Waals surface area (Å²) in [6.45, 7) is 6.19. The van der Waals surface area contributed by atoms with Gasteiger partial charge in [-0.3, -0.25) is 9.59 Å². The number of ether oxygens (including phenoxy) is 1. The molecule has 1 fully saturated rings. The highest BCUT2D eigenvalue weighted by molar-refractivity contribution is 6.07. The van der Waals surface area contributed by atoms with Crippen molar-refractivity contribution in [2.45, 2.75) is 26.9 Å². The molecule has 1 aliphatic rings. The summed E-state index contributed by atoms with van der Waals surface area (Å²) in [4.78, 5) is 31.1. The lowest BCUT2D eigenvalue weighted by Crippen LogP contribution is -2.53. The van der Waals surface area contributed by atoms with E-state index in [2.05, 4.69) is 10.1 Å². The summed E-state index contributed by atoms with van der Waals surface area (Å²) in [5.74, 6) is -1.00. The molecule has 1 saturated heterocycles. The molecule has 0 N–H and O–H groups in total.